The molecule has 1 aliphatic heterocycles. The van der Waals surface area contributed by atoms with Gasteiger partial charge < -0.3 is 5.32 Å². The Morgan fingerprint density at radius 1 is 1.10 bits per heavy atom. The van der Waals surface area contributed by atoms with Crippen molar-refractivity contribution in [3.63, 3.8) is 0 Å². The summed E-state index contributed by atoms with van der Waals surface area (Å²) in [6.07, 6.45) is 2.50. The van der Waals surface area contributed by atoms with Crippen molar-refractivity contribution in [2.75, 3.05) is 0 Å². The lowest BCUT2D eigenvalue weighted by Crippen LogP contribution is -2.27. The molecule has 2 nitrogen and oxygen atoms in total. The average Bonchev–Trinajstić information content (AvgIpc) is 2.85. The van der Waals surface area contributed by atoms with E-state index in [0.717, 1.165) is 29.0 Å². The maximum absolute atomic E-state index is 11.2. The molecule has 3 heteroatoms. The minimum Gasteiger partial charge on any atom is -0.353 e. The molecule has 0 aromatic heterocycles. The van der Waals surface area contributed by atoms with Gasteiger partial charge in [-0.2, -0.15) is 0 Å². The Hall–Kier alpha value is -1.80. The number of hydrogen-bond donors (Lipinski definition) is 1. The van der Waals surface area contributed by atoms with Crippen molar-refractivity contribution in [1.29, 1.82) is 0 Å². The maximum atomic E-state index is 11.2. The quantitative estimate of drug-likeness (QED) is 0.912. The molecule has 2 aromatic rings. The van der Waals surface area contributed by atoms with Gasteiger partial charge in [0.05, 0.1) is 0 Å². The SMILES string of the molecule is O=C1CC[C@@H](Cc2ccc(-c3cccc(Cl)c3)cc2)N1. The first-order valence-electron chi connectivity index (χ1n) is 6.85. The molecule has 3 rings (SSSR count). The molecular formula is C17H16ClNO. The molecule has 0 spiro atoms. The molecule has 0 radical (unpaired) electrons. The van der Waals surface area contributed by atoms with Crippen LogP contribution in [0.2, 0.25) is 5.02 Å². The zero-order valence-corrected chi connectivity index (χ0v) is 11.9. The molecule has 0 saturated carbocycles. The van der Waals surface area contributed by atoms with Crippen LogP contribution in [-0.4, -0.2) is 11.9 Å². The van der Waals surface area contributed by atoms with Crippen LogP contribution in [0.15, 0.2) is 48.5 Å². The third-order valence-corrected chi connectivity index (χ3v) is 3.91. The van der Waals surface area contributed by atoms with Crippen LogP contribution >= 0.6 is 11.6 Å². The maximum Gasteiger partial charge on any atom is 0.220 e. The van der Waals surface area contributed by atoms with Crippen molar-refractivity contribution >= 4 is 17.5 Å². The van der Waals surface area contributed by atoms with Crippen molar-refractivity contribution in [3.05, 3.63) is 59.1 Å². The van der Waals surface area contributed by atoms with E-state index in [1.165, 1.54) is 5.56 Å². The standard InChI is InChI=1S/C17H16ClNO/c18-15-3-1-2-14(11-15)13-6-4-12(5-7-13)10-16-8-9-17(20)19-16/h1-7,11,16H,8-10H2,(H,19,20)/t16-/m0/s1. The van der Waals surface area contributed by atoms with E-state index in [0.29, 0.717) is 12.5 Å². The summed E-state index contributed by atoms with van der Waals surface area (Å²) in [6.45, 7) is 0. The Bertz CT molecular complexity index is 621. The molecule has 2 aromatic carbocycles. The Morgan fingerprint density at radius 3 is 2.55 bits per heavy atom. The van der Waals surface area contributed by atoms with Gasteiger partial charge in [-0.3, -0.25) is 4.79 Å². The van der Waals surface area contributed by atoms with Gasteiger partial charge in [-0.25, -0.2) is 0 Å². The first kappa shape index (κ1) is 13.2. The van der Waals surface area contributed by atoms with E-state index < -0.39 is 0 Å². The summed E-state index contributed by atoms with van der Waals surface area (Å²) in [5, 5.41) is 3.75. The lowest BCUT2D eigenvalue weighted by Gasteiger charge is -2.10. The van der Waals surface area contributed by atoms with Crippen molar-refractivity contribution in [2.45, 2.75) is 25.3 Å². The number of amides is 1. The van der Waals surface area contributed by atoms with Crippen molar-refractivity contribution in [3.8, 4) is 11.1 Å². The molecule has 1 atom stereocenters. The summed E-state index contributed by atoms with van der Waals surface area (Å²) in [4.78, 5) is 11.2. The van der Waals surface area contributed by atoms with Gasteiger partial charge in [0.2, 0.25) is 5.91 Å². The minimum absolute atomic E-state index is 0.172. The summed E-state index contributed by atoms with van der Waals surface area (Å²) in [6, 6.07) is 16.6. The lowest BCUT2D eigenvalue weighted by molar-refractivity contribution is -0.119. The summed E-state index contributed by atoms with van der Waals surface area (Å²) in [5.41, 5.74) is 3.54. The van der Waals surface area contributed by atoms with Gasteiger partial charge in [-0.1, -0.05) is 48.0 Å². The molecule has 1 aliphatic rings. The van der Waals surface area contributed by atoms with E-state index in [9.17, 15) is 4.79 Å². The van der Waals surface area contributed by atoms with E-state index in [1.807, 2.05) is 18.2 Å². The summed E-state index contributed by atoms with van der Waals surface area (Å²) < 4.78 is 0. The molecule has 1 heterocycles. The van der Waals surface area contributed by atoms with Crippen LogP contribution in [0.4, 0.5) is 0 Å². The van der Waals surface area contributed by atoms with Gasteiger partial charge >= 0.3 is 0 Å². The second-order valence-electron chi connectivity index (χ2n) is 5.21. The summed E-state index contributed by atoms with van der Waals surface area (Å²) >= 11 is 6.01. The third kappa shape index (κ3) is 3.02. The molecule has 20 heavy (non-hydrogen) atoms. The number of benzene rings is 2. The number of nitrogens with one attached hydrogen (secondary N) is 1. The van der Waals surface area contributed by atoms with Gasteiger partial charge in [0, 0.05) is 17.5 Å². The van der Waals surface area contributed by atoms with E-state index in [-0.39, 0.29) is 5.91 Å². The third-order valence-electron chi connectivity index (χ3n) is 3.68. The van der Waals surface area contributed by atoms with E-state index in [2.05, 4.69) is 35.6 Å². The minimum atomic E-state index is 0.172. The molecule has 1 N–H and O–H groups in total. The first-order valence-corrected chi connectivity index (χ1v) is 7.23. The fourth-order valence-corrected chi connectivity index (χ4v) is 2.81. The van der Waals surface area contributed by atoms with Crippen molar-refractivity contribution in [1.82, 2.24) is 5.32 Å². The molecule has 0 aliphatic carbocycles. The summed E-state index contributed by atoms with van der Waals surface area (Å²) in [5.74, 6) is 0.172. The Kier molecular flexibility index (Phi) is 3.75. The van der Waals surface area contributed by atoms with E-state index in [1.54, 1.807) is 0 Å². The monoisotopic (exact) mass is 285 g/mol. The van der Waals surface area contributed by atoms with Crippen molar-refractivity contribution in [2.24, 2.45) is 0 Å². The van der Waals surface area contributed by atoms with Gasteiger partial charge in [-0.05, 0) is 41.7 Å². The number of carbonyl (C=O) groups excluding carboxylic acids is 1. The predicted octanol–water partition coefficient (Wildman–Crippen LogP) is 3.83. The van der Waals surface area contributed by atoms with Crippen LogP contribution in [0, 0.1) is 0 Å². The second-order valence-corrected chi connectivity index (χ2v) is 5.65. The highest BCUT2D eigenvalue weighted by Crippen LogP contribution is 2.23. The van der Waals surface area contributed by atoms with Crippen LogP contribution in [-0.2, 0) is 11.2 Å². The van der Waals surface area contributed by atoms with Crippen LogP contribution in [0.5, 0.6) is 0 Å². The molecule has 1 fully saturated rings. The predicted molar refractivity (Wildman–Crippen MR) is 81.8 cm³/mol. The van der Waals surface area contributed by atoms with E-state index in [4.69, 9.17) is 11.6 Å². The summed E-state index contributed by atoms with van der Waals surface area (Å²) in [7, 11) is 0. The highest BCUT2D eigenvalue weighted by molar-refractivity contribution is 6.30. The molecule has 0 bridgehead atoms. The van der Waals surface area contributed by atoms with Gasteiger partial charge in [0.1, 0.15) is 0 Å². The number of hydrogen-bond acceptors (Lipinski definition) is 1. The largest absolute Gasteiger partial charge is 0.353 e. The zero-order chi connectivity index (χ0) is 13.9. The fraction of sp³-hybridized carbons (Fsp3) is 0.235. The normalized spacial score (nSPS) is 18.1. The van der Waals surface area contributed by atoms with Gasteiger partial charge in [0.25, 0.3) is 0 Å². The average molecular weight is 286 g/mol. The van der Waals surface area contributed by atoms with Crippen LogP contribution in [0.25, 0.3) is 11.1 Å². The van der Waals surface area contributed by atoms with Crippen LogP contribution < -0.4 is 5.32 Å². The molecule has 0 unspecified atom stereocenters. The van der Waals surface area contributed by atoms with Crippen LogP contribution in [0.1, 0.15) is 18.4 Å². The van der Waals surface area contributed by atoms with Crippen molar-refractivity contribution < 1.29 is 4.79 Å². The van der Waals surface area contributed by atoms with E-state index >= 15 is 0 Å². The number of halogens is 1. The smallest absolute Gasteiger partial charge is 0.220 e. The molecular weight excluding hydrogens is 270 g/mol. The molecule has 102 valence electrons. The number of carbonyl (C=O) groups is 1. The fourth-order valence-electron chi connectivity index (χ4n) is 2.62. The second kappa shape index (κ2) is 5.68. The Balaban J connectivity index is 1.73. The topological polar surface area (TPSA) is 29.1 Å². The zero-order valence-electron chi connectivity index (χ0n) is 11.1. The van der Waals surface area contributed by atoms with Gasteiger partial charge in [-0.15, -0.1) is 0 Å². The molecule has 1 saturated heterocycles. The van der Waals surface area contributed by atoms with Crippen LogP contribution in [0.3, 0.4) is 0 Å². The number of rotatable bonds is 3. The first-order chi connectivity index (χ1) is 9.70. The highest BCUT2D eigenvalue weighted by atomic mass is 35.5. The Labute approximate surface area is 123 Å². The highest BCUT2D eigenvalue weighted by Gasteiger charge is 2.20. The lowest BCUT2D eigenvalue weighted by atomic mass is 10.0. The molecule has 1 amide bonds. The Morgan fingerprint density at radius 2 is 1.90 bits per heavy atom. The van der Waals surface area contributed by atoms with Gasteiger partial charge in [0.15, 0.2) is 0 Å².